The summed E-state index contributed by atoms with van der Waals surface area (Å²) >= 11 is 0. The van der Waals surface area contributed by atoms with Crippen LogP contribution in [0.5, 0.6) is 5.75 Å². The van der Waals surface area contributed by atoms with Crippen LogP contribution in [0, 0.1) is 0 Å². The topological polar surface area (TPSA) is 104 Å². The van der Waals surface area contributed by atoms with E-state index in [1.165, 1.54) is 19.2 Å². The Morgan fingerprint density at radius 2 is 1.77 bits per heavy atom. The maximum Gasteiger partial charge on any atom is 0.272 e. The standard InChI is InChI=1S/C18H15N3O4S/c1-25-12-3-5-13(6-4-12)26(23,24)21-11-2-7-16-15(10-11)14-8-9-19-17(14)18(22)20-16/h2-10,19,21H,1H3,(H,20,22). The molecule has 2 aromatic heterocycles. The molecule has 0 saturated heterocycles. The highest BCUT2D eigenvalue weighted by atomic mass is 32.2. The van der Waals surface area contributed by atoms with Gasteiger partial charge in [-0.3, -0.25) is 9.52 Å². The zero-order valence-electron chi connectivity index (χ0n) is 13.7. The molecule has 0 aliphatic rings. The highest BCUT2D eigenvalue weighted by molar-refractivity contribution is 7.92. The summed E-state index contributed by atoms with van der Waals surface area (Å²) in [5, 5.41) is 1.48. The maximum atomic E-state index is 12.6. The summed E-state index contributed by atoms with van der Waals surface area (Å²) in [6, 6.07) is 12.9. The molecule has 4 rings (SSSR count). The molecule has 0 fully saturated rings. The van der Waals surface area contributed by atoms with Crippen LogP contribution < -0.4 is 15.0 Å². The normalized spacial score (nSPS) is 11.7. The van der Waals surface area contributed by atoms with Crippen LogP contribution in [0.1, 0.15) is 0 Å². The molecule has 0 radical (unpaired) electrons. The maximum absolute atomic E-state index is 12.6. The first-order valence-corrected chi connectivity index (χ1v) is 9.26. The number of rotatable bonds is 4. The lowest BCUT2D eigenvalue weighted by Gasteiger charge is -2.10. The van der Waals surface area contributed by atoms with E-state index in [9.17, 15) is 13.2 Å². The Bertz CT molecular complexity index is 1270. The van der Waals surface area contributed by atoms with Gasteiger partial charge in [-0.2, -0.15) is 0 Å². The van der Waals surface area contributed by atoms with E-state index in [4.69, 9.17) is 4.74 Å². The summed E-state index contributed by atoms with van der Waals surface area (Å²) in [6.45, 7) is 0. The molecule has 2 aromatic carbocycles. The minimum atomic E-state index is -3.74. The molecule has 0 bridgehead atoms. The van der Waals surface area contributed by atoms with E-state index < -0.39 is 10.0 Å². The Hall–Kier alpha value is -3.26. The number of aromatic amines is 2. The van der Waals surface area contributed by atoms with Gasteiger partial charge in [-0.1, -0.05) is 0 Å². The van der Waals surface area contributed by atoms with Crippen molar-refractivity contribution >= 4 is 37.5 Å². The van der Waals surface area contributed by atoms with Crippen LogP contribution in [-0.4, -0.2) is 25.5 Å². The van der Waals surface area contributed by atoms with E-state index in [0.29, 0.717) is 22.5 Å². The number of methoxy groups -OCH3 is 1. The van der Waals surface area contributed by atoms with Gasteiger partial charge in [-0.15, -0.1) is 0 Å². The third kappa shape index (κ3) is 2.70. The van der Waals surface area contributed by atoms with E-state index in [-0.39, 0.29) is 10.5 Å². The molecule has 7 nitrogen and oxygen atoms in total. The molecular formula is C18H15N3O4S. The van der Waals surface area contributed by atoms with Crippen molar-refractivity contribution in [3.8, 4) is 5.75 Å². The number of aromatic nitrogens is 2. The Kier molecular flexibility index (Phi) is 3.69. The summed E-state index contributed by atoms with van der Waals surface area (Å²) in [4.78, 5) is 17.8. The quantitative estimate of drug-likeness (QED) is 0.514. The fourth-order valence-electron chi connectivity index (χ4n) is 2.88. The number of sulfonamides is 1. The number of benzene rings is 2. The fraction of sp³-hybridized carbons (Fsp3) is 0.0556. The Labute approximate surface area is 148 Å². The number of H-pyrrole nitrogens is 2. The molecule has 132 valence electrons. The second kappa shape index (κ2) is 5.92. The lowest BCUT2D eigenvalue weighted by molar-refractivity contribution is 0.414. The predicted molar refractivity (Wildman–Crippen MR) is 100 cm³/mol. The van der Waals surface area contributed by atoms with Gasteiger partial charge in [0.05, 0.1) is 12.0 Å². The zero-order chi connectivity index (χ0) is 18.3. The van der Waals surface area contributed by atoms with Crippen molar-refractivity contribution in [3.05, 3.63) is 65.1 Å². The third-order valence-corrected chi connectivity index (χ3v) is 5.55. The Morgan fingerprint density at radius 1 is 1.00 bits per heavy atom. The number of ether oxygens (including phenoxy) is 1. The van der Waals surface area contributed by atoms with Crippen LogP contribution in [-0.2, 0) is 10.0 Å². The zero-order valence-corrected chi connectivity index (χ0v) is 14.6. The number of nitrogens with one attached hydrogen (secondary N) is 3. The van der Waals surface area contributed by atoms with Gasteiger partial charge in [-0.05, 0) is 48.5 Å². The molecule has 4 aromatic rings. The average Bonchev–Trinajstić information content (AvgIpc) is 3.13. The van der Waals surface area contributed by atoms with Gasteiger partial charge in [0.2, 0.25) is 0 Å². The van der Waals surface area contributed by atoms with Gasteiger partial charge in [0.1, 0.15) is 11.3 Å². The molecule has 26 heavy (non-hydrogen) atoms. The summed E-state index contributed by atoms with van der Waals surface area (Å²) in [5.74, 6) is 0.577. The Balaban J connectivity index is 1.76. The van der Waals surface area contributed by atoms with Crippen molar-refractivity contribution < 1.29 is 13.2 Å². The number of hydrogen-bond donors (Lipinski definition) is 3. The molecule has 0 atom stereocenters. The number of anilines is 1. The molecule has 8 heteroatoms. The predicted octanol–water partition coefficient (Wildman–Crippen LogP) is 2.82. The molecule has 0 saturated carbocycles. The van der Waals surface area contributed by atoms with Crippen LogP contribution in [0.3, 0.4) is 0 Å². The molecule has 2 heterocycles. The number of fused-ring (bicyclic) bond motifs is 3. The van der Waals surface area contributed by atoms with Crippen LogP contribution in [0.4, 0.5) is 5.69 Å². The van der Waals surface area contributed by atoms with Crippen molar-refractivity contribution in [1.29, 1.82) is 0 Å². The molecular weight excluding hydrogens is 354 g/mol. The smallest absolute Gasteiger partial charge is 0.272 e. The second-order valence-electron chi connectivity index (χ2n) is 5.76. The lowest BCUT2D eigenvalue weighted by atomic mass is 10.1. The molecule has 0 aliphatic heterocycles. The minimum Gasteiger partial charge on any atom is -0.497 e. The number of hydrogen-bond acceptors (Lipinski definition) is 4. The monoisotopic (exact) mass is 369 g/mol. The Morgan fingerprint density at radius 3 is 2.50 bits per heavy atom. The summed E-state index contributed by atoms with van der Waals surface area (Å²) < 4.78 is 32.8. The van der Waals surface area contributed by atoms with Gasteiger partial charge in [0, 0.05) is 28.2 Å². The molecule has 0 amide bonds. The van der Waals surface area contributed by atoms with Crippen molar-refractivity contribution in [3.63, 3.8) is 0 Å². The first-order chi connectivity index (χ1) is 12.5. The summed E-state index contributed by atoms with van der Waals surface area (Å²) in [6.07, 6.45) is 1.67. The molecule has 0 spiro atoms. The van der Waals surface area contributed by atoms with Crippen LogP contribution in [0.25, 0.3) is 21.8 Å². The van der Waals surface area contributed by atoms with Gasteiger partial charge in [0.15, 0.2) is 0 Å². The fourth-order valence-corrected chi connectivity index (χ4v) is 3.92. The van der Waals surface area contributed by atoms with Crippen molar-refractivity contribution in [2.75, 3.05) is 11.8 Å². The summed E-state index contributed by atoms with van der Waals surface area (Å²) in [7, 11) is -2.22. The second-order valence-corrected chi connectivity index (χ2v) is 7.44. The van der Waals surface area contributed by atoms with Crippen LogP contribution in [0.15, 0.2) is 64.4 Å². The van der Waals surface area contributed by atoms with E-state index in [0.717, 1.165) is 10.8 Å². The van der Waals surface area contributed by atoms with Crippen molar-refractivity contribution in [2.45, 2.75) is 4.90 Å². The van der Waals surface area contributed by atoms with Crippen molar-refractivity contribution in [2.24, 2.45) is 0 Å². The van der Waals surface area contributed by atoms with Gasteiger partial charge < -0.3 is 14.7 Å². The van der Waals surface area contributed by atoms with Crippen LogP contribution in [0.2, 0.25) is 0 Å². The van der Waals surface area contributed by atoms with E-state index in [2.05, 4.69) is 14.7 Å². The summed E-state index contributed by atoms with van der Waals surface area (Å²) in [5.41, 5.74) is 1.27. The average molecular weight is 369 g/mol. The molecule has 0 aliphatic carbocycles. The minimum absolute atomic E-state index is 0.131. The molecule has 3 N–H and O–H groups in total. The van der Waals surface area contributed by atoms with Gasteiger partial charge >= 0.3 is 0 Å². The van der Waals surface area contributed by atoms with Crippen molar-refractivity contribution in [1.82, 2.24) is 9.97 Å². The van der Waals surface area contributed by atoms with Gasteiger partial charge in [0.25, 0.3) is 15.6 Å². The van der Waals surface area contributed by atoms with E-state index >= 15 is 0 Å². The SMILES string of the molecule is COc1ccc(S(=O)(=O)Nc2ccc3[nH]c(=O)c4[nH]ccc4c3c2)cc1. The van der Waals surface area contributed by atoms with Gasteiger partial charge in [-0.25, -0.2) is 8.42 Å². The largest absolute Gasteiger partial charge is 0.497 e. The third-order valence-electron chi connectivity index (χ3n) is 4.15. The lowest BCUT2D eigenvalue weighted by Crippen LogP contribution is -2.13. The van der Waals surface area contributed by atoms with Crippen LogP contribution >= 0.6 is 0 Å². The highest BCUT2D eigenvalue weighted by Crippen LogP contribution is 2.25. The molecule has 0 unspecified atom stereocenters. The first-order valence-electron chi connectivity index (χ1n) is 7.78. The van der Waals surface area contributed by atoms with E-state index in [1.807, 2.05) is 0 Å². The number of pyridine rings is 1. The van der Waals surface area contributed by atoms with E-state index in [1.54, 1.807) is 42.6 Å². The highest BCUT2D eigenvalue weighted by Gasteiger charge is 2.15. The first kappa shape index (κ1) is 16.2.